The van der Waals surface area contributed by atoms with E-state index in [9.17, 15) is 4.79 Å². The van der Waals surface area contributed by atoms with E-state index >= 15 is 0 Å². The predicted molar refractivity (Wildman–Crippen MR) is 119 cm³/mol. The predicted octanol–water partition coefficient (Wildman–Crippen LogP) is 3.39. The highest BCUT2D eigenvalue weighted by molar-refractivity contribution is 5.79. The highest BCUT2D eigenvalue weighted by Crippen LogP contribution is 2.33. The minimum Gasteiger partial charge on any atom is -0.382 e. The molecule has 1 aromatic carbocycles. The number of nitrogens with one attached hydrogen (secondary N) is 1. The quantitative estimate of drug-likeness (QED) is 0.678. The zero-order valence-corrected chi connectivity index (χ0v) is 17.9. The highest BCUT2D eigenvalue weighted by atomic mass is 16.5. The molecule has 0 radical (unpaired) electrons. The summed E-state index contributed by atoms with van der Waals surface area (Å²) >= 11 is 0. The molecule has 0 bridgehead atoms. The maximum Gasteiger partial charge on any atom is 0.224 e. The first-order valence-corrected chi connectivity index (χ1v) is 11.3. The monoisotopic (exact) mass is 408 g/mol. The van der Waals surface area contributed by atoms with Crippen LogP contribution in [0.3, 0.4) is 0 Å². The number of aryl methyl sites for hydroxylation is 1. The third-order valence-electron chi connectivity index (χ3n) is 6.00. The van der Waals surface area contributed by atoms with Gasteiger partial charge >= 0.3 is 0 Å². The van der Waals surface area contributed by atoms with Gasteiger partial charge in [-0.15, -0.1) is 0 Å². The minimum atomic E-state index is 0.0121. The van der Waals surface area contributed by atoms with Crippen LogP contribution in [0.1, 0.15) is 43.9 Å². The summed E-state index contributed by atoms with van der Waals surface area (Å²) in [7, 11) is 0. The molecule has 1 amide bonds. The van der Waals surface area contributed by atoms with Crippen molar-refractivity contribution in [3.05, 3.63) is 41.6 Å². The molecule has 4 rings (SSSR count). The van der Waals surface area contributed by atoms with Crippen molar-refractivity contribution < 1.29 is 9.53 Å². The van der Waals surface area contributed by atoms with Gasteiger partial charge in [0.2, 0.25) is 5.91 Å². The number of aromatic nitrogens is 2. The molecule has 1 fully saturated rings. The Labute approximate surface area is 179 Å². The lowest BCUT2D eigenvalue weighted by molar-refractivity contribution is -0.125. The molecule has 1 aliphatic carbocycles. The van der Waals surface area contributed by atoms with Crippen LogP contribution in [0.2, 0.25) is 0 Å². The molecule has 160 valence electrons. The van der Waals surface area contributed by atoms with E-state index in [4.69, 9.17) is 14.7 Å². The molecular formula is C24H32N4O2. The number of ether oxygens (including phenoxy) is 1. The first-order valence-electron chi connectivity index (χ1n) is 11.3. The summed E-state index contributed by atoms with van der Waals surface area (Å²) in [6, 6.07) is 10.2. The normalized spacial score (nSPS) is 18.3. The molecule has 2 heterocycles. The number of carbonyl (C=O) groups is 1. The summed E-state index contributed by atoms with van der Waals surface area (Å²) in [5, 5.41) is 3.09. The number of rotatable bonds is 8. The average Bonchev–Trinajstić information content (AvgIpc) is 3.27. The van der Waals surface area contributed by atoms with Gasteiger partial charge in [0, 0.05) is 49.7 Å². The van der Waals surface area contributed by atoms with Crippen LogP contribution < -0.4 is 10.2 Å². The number of anilines is 1. The van der Waals surface area contributed by atoms with Crippen LogP contribution in [-0.4, -0.2) is 48.7 Å². The lowest BCUT2D eigenvalue weighted by atomic mass is 9.96. The van der Waals surface area contributed by atoms with Crippen LogP contribution >= 0.6 is 0 Å². The molecule has 6 heteroatoms. The third kappa shape index (κ3) is 4.81. The molecule has 1 atom stereocenters. The molecule has 1 aromatic heterocycles. The van der Waals surface area contributed by atoms with Crippen molar-refractivity contribution in [3.8, 4) is 11.4 Å². The third-order valence-corrected chi connectivity index (χ3v) is 6.00. The van der Waals surface area contributed by atoms with E-state index in [0.717, 1.165) is 75.4 Å². The molecule has 1 saturated heterocycles. The Morgan fingerprint density at radius 3 is 2.90 bits per heavy atom. The molecular weight excluding hydrogens is 376 g/mol. The maximum atomic E-state index is 12.7. The molecule has 0 unspecified atom stereocenters. The van der Waals surface area contributed by atoms with Crippen LogP contribution in [0.15, 0.2) is 30.3 Å². The van der Waals surface area contributed by atoms with E-state index in [-0.39, 0.29) is 11.8 Å². The minimum absolute atomic E-state index is 0.0121. The molecule has 6 nitrogen and oxygen atoms in total. The van der Waals surface area contributed by atoms with Gasteiger partial charge in [-0.1, -0.05) is 30.3 Å². The lowest BCUT2D eigenvalue weighted by Crippen LogP contribution is -2.44. The second-order valence-corrected chi connectivity index (χ2v) is 8.14. The first kappa shape index (κ1) is 20.8. The van der Waals surface area contributed by atoms with Crippen LogP contribution in [0, 0.1) is 5.92 Å². The van der Waals surface area contributed by atoms with Gasteiger partial charge < -0.3 is 15.0 Å². The summed E-state index contributed by atoms with van der Waals surface area (Å²) in [5.41, 5.74) is 3.52. The van der Waals surface area contributed by atoms with Crippen molar-refractivity contribution >= 4 is 11.7 Å². The molecule has 2 aromatic rings. The van der Waals surface area contributed by atoms with Gasteiger partial charge in [-0.3, -0.25) is 4.79 Å². The number of benzene rings is 1. The zero-order valence-electron chi connectivity index (χ0n) is 17.9. The van der Waals surface area contributed by atoms with E-state index in [1.807, 2.05) is 25.1 Å². The van der Waals surface area contributed by atoms with Crippen molar-refractivity contribution in [2.24, 2.45) is 5.92 Å². The number of carbonyl (C=O) groups excluding carboxylic acids is 1. The van der Waals surface area contributed by atoms with Gasteiger partial charge in [-0.05, 0) is 45.4 Å². The second-order valence-electron chi connectivity index (χ2n) is 8.14. The molecule has 0 spiro atoms. The van der Waals surface area contributed by atoms with Gasteiger partial charge in [0.1, 0.15) is 5.82 Å². The number of hydrogen-bond acceptors (Lipinski definition) is 5. The fourth-order valence-electron chi connectivity index (χ4n) is 4.45. The number of hydrogen-bond donors (Lipinski definition) is 1. The largest absolute Gasteiger partial charge is 0.382 e. The molecule has 30 heavy (non-hydrogen) atoms. The van der Waals surface area contributed by atoms with Crippen LogP contribution in [0.5, 0.6) is 0 Å². The number of nitrogens with zero attached hydrogens (tertiary/aromatic N) is 3. The Hall–Kier alpha value is -2.47. The van der Waals surface area contributed by atoms with E-state index in [1.165, 1.54) is 11.3 Å². The van der Waals surface area contributed by atoms with Crippen LogP contribution in [0.4, 0.5) is 5.82 Å². The molecule has 0 saturated carbocycles. The Balaban J connectivity index is 1.48. The van der Waals surface area contributed by atoms with Gasteiger partial charge in [-0.25, -0.2) is 9.97 Å². The topological polar surface area (TPSA) is 67.3 Å². The second kappa shape index (κ2) is 10.0. The number of fused-ring (bicyclic) bond motifs is 1. The van der Waals surface area contributed by atoms with Gasteiger partial charge in [0.15, 0.2) is 5.82 Å². The van der Waals surface area contributed by atoms with E-state index < -0.39 is 0 Å². The summed E-state index contributed by atoms with van der Waals surface area (Å²) in [5.74, 6) is 2.02. The fourth-order valence-corrected chi connectivity index (χ4v) is 4.45. The lowest BCUT2D eigenvalue weighted by Gasteiger charge is -2.34. The van der Waals surface area contributed by atoms with E-state index in [2.05, 4.69) is 22.3 Å². The van der Waals surface area contributed by atoms with Crippen molar-refractivity contribution in [2.45, 2.75) is 45.4 Å². The Morgan fingerprint density at radius 1 is 1.20 bits per heavy atom. The summed E-state index contributed by atoms with van der Waals surface area (Å²) < 4.78 is 5.35. The molecule has 1 N–H and O–H groups in total. The smallest absolute Gasteiger partial charge is 0.224 e. The summed E-state index contributed by atoms with van der Waals surface area (Å²) in [6.07, 6.45) is 5.98. The van der Waals surface area contributed by atoms with Crippen molar-refractivity contribution in [1.29, 1.82) is 0 Å². The SMILES string of the molecule is CCOCCCNC(=O)[C@@H]1CCCN(c2nc(-c3ccccc3)nc3c2CCC3)C1. The Bertz CT molecular complexity index is 856. The number of piperidine rings is 1. The van der Waals surface area contributed by atoms with Crippen LogP contribution in [0.25, 0.3) is 11.4 Å². The van der Waals surface area contributed by atoms with E-state index in [0.29, 0.717) is 13.2 Å². The standard InChI is InChI=1S/C24H32N4O2/c1-2-30-16-8-14-25-24(29)19-11-7-15-28(17-19)23-20-12-6-13-21(20)26-22(27-23)18-9-4-3-5-10-18/h3-5,9-10,19H,2,6-8,11-17H2,1H3,(H,25,29)/t19-/m1/s1. The van der Waals surface area contributed by atoms with Gasteiger partial charge in [0.05, 0.1) is 5.92 Å². The molecule has 2 aliphatic rings. The summed E-state index contributed by atoms with van der Waals surface area (Å²) in [6.45, 7) is 5.77. The van der Waals surface area contributed by atoms with Crippen molar-refractivity contribution in [1.82, 2.24) is 15.3 Å². The van der Waals surface area contributed by atoms with Crippen molar-refractivity contribution in [3.63, 3.8) is 0 Å². The molecule has 1 aliphatic heterocycles. The first-order chi connectivity index (χ1) is 14.8. The van der Waals surface area contributed by atoms with Gasteiger partial charge in [0.25, 0.3) is 0 Å². The Kier molecular flexibility index (Phi) is 6.95. The average molecular weight is 409 g/mol. The summed E-state index contributed by atoms with van der Waals surface area (Å²) in [4.78, 5) is 24.9. The maximum absolute atomic E-state index is 12.7. The van der Waals surface area contributed by atoms with Crippen molar-refractivity contribution in [2.75, 3.05) is 37.7 Å². The Morgan fingerprint density at radius 2 is 2.07 bits per heavy atom. The highest BCUT2D eigenvalue weighted by Gasteiger charge is 2.30. The van der Waals surface area contributed by atoms with Gasteiger partial charge in [-0.2, -0.15) is 0 Å². The van der Waals surface area contributed by atoms with E-state index in [1.54, 1.807) is 0 Å². The number of amides is 1. The zero-order chi connectivity index (χ0) is 20.8. The van der Waals surface area contributed by atoms with Crippen LogP contribution in [-0.2, 0) is 22.4 Å². The fraction of sp³-hybridized carbons (Fsp3) is 0.542.